The molecule has 200 valence electrons. The van der Waals surface area contributed by atoms with Gasteiger partial charge in [0.05, 0.1) is 26.4 Å². The van der Waals surface area contributed by atoms with E-state index in [4.69, 9.17) is 18.9 Å². The molecule has 10 heteroatoms. The molecule has 0 bridgehead atoms. The van der Waals surface area contributed by atoms with Crippen LogP contribution < -0.4 is 10.6 Å². The molecule has 0 aromatic rings. The molecule has 0 aliphatic heterocycles. The fourth-order valence-corrected chi connectivity index (χ4v) is 3.88. The number of carbonyl (C=O) groups is 4. The number of nitrogens with one attached hydrogen (secondary N) is 2. The Morgan fingerprint density at radius 2 is 1.37 bits per heavy atom. The molecule has 0 saturated carbocycles. The van der Waals surface area contributed by atoms with Crippen molar-refractivity contribution < 1.29 is 38.1 Å². The van der Waals surface area contributed by atoms with Gasteiger partial charge in [0.2, 0.25) is 0 Å². The minimum Gasteiger partial charge on any atom is -0.463 e. The van der Waals surface area contributed by atoms with E-state index in [0.717, 1.165) is 12.2 Å². The highest BCUT2D eigenvalue weighted by atomic mass is 16.6. The zero-order valence-electron chi connectivity index (χ0n) is 21.8. The molecule has 0 aromatic carbocycles. The largest absolute Gasteiger partial charge is 0.463 e. The van der Waals surface area contributed by atoms with Gasteiger partial charge in [0.1, 0.15) is 0 Å². The van der Waals surface area contributed by atoms with Crippen molar-refractivity contribution in [2.24, 2.45) is 11.3 Å². The maximum atomic E-state index is 12.3. The second-order valence-electron chi connectivity index (χ2n) is 8.66. The van der Waals surface area contributed by atoms with Crippen molar-refractivity contribution in [1.82, 2.24) is 10.6 Å². The van der Waals surface area contributed by atoms with E-state index in [2.05, 4.69) is 23.8 Å². The van der Waals surface area contributed by atoms with E-state index < -0.39 is 35.1 Å². The molecule has 2 N–H and O–H groups in total. The average molecular weight is 499 g/mol. The van der Waals surface area contributed by atoms with Crippen LogP contribution in [0.25, 0.3) is 0 Å². The molecule has 10 nitrogen and oxygen atoms in total. The summed E-state index contributed by atoms with van der Waals surface area (Å²) in [5.41, 5.74) is -1.44. The predicted molar refractivity (Wildman–Crippen MR) is 132 cm³/mol. The van der Waals surface area contributed by atoms with E-state index in [-0.39, 0.29) is 32.3 Å². The lowest BCUT2D eigenvalue weighted by atomic mass is 9.60. The molecule has 0 heterocycles. The maximum Gasteiger partial charge on any atom is 0.407 e. The SMILES string of the molecule is C=CC(=O)OCCC(CCCNC(=O)OCC)C(C)(CCOC(=O)C=C)C(C)(C)NC(=O)OCC. The average Bonchev–Trinajstić information content (AvgIpc) is 2.79. The summed E-state index contributed by atoms with van der Waals surface area (Å²) in [7, 11) is 0. The quantitative estimate of drug-likeness (QED) is 0.134. The number of esters is 2. The van der Waals surface area contributed by atoms with Crippen LogP contribution in [0, 0.1) is 11.3 Å². The zero-order chi connectivity index (χ0) is 26.9. The minimum atomic E-state index is -0.804. The first-order valence-electron chi connectivity index (χ1n) is 11.9. The van der Waals surface area contributed by atoms with E-state index in [9.17, 15) is 19.2 Å². The molecule has 2 unspecified atom stereocenters. The topological polar surface area (TPSA) is 129 Å². The van der Waals surface area contributed by atoms with Crippen LogP contribution in [-0.4, -0.2) is 62.6 Å². The normalized spacial score (nSPS) is 13.4. The van der Waals surface area contributed by atoms with Gasteiger partial charge < -0.3 is 29.6 Å². The number of hydrogen-bond acceptors (Lipinski definition) is 8. The van der Waals surface area contributed by atoms with Crippen LogP contribution in [0.2, 0.25) is 0 Å². The van der Waals surface area contributed by atoms with Gasteiger partial charge in [-0.3, -0.25) is 0 Å². The molecule has 0 aromatic heterocycles. The molecule has 0 fully saturated rings. The highest BCUT2D eigenvalue weighted by molar-refractivity contribution is 5.81. The lowest BCUT2D eigenvalue weighted by Gasteiger charge is -2.49. The molecule has 0 aliphatic rings. The number of ether oxygens (including phenoxy) is 4. The standard InChI is InChI=1S/C25H42N2O8/c1-8-20(28)34-17-14-19(13-12-16-26-22(30)32-10-3)25(7,15-18-35-21(29)9-2)24(5,6)27-23(31)33-11-4/h8-9,19H,1-2,10-18H2,3-7H3,(H,26,30)(H,27,31). The highest BCUT2D eigenvalue weighted by Crippen LogP contribution is 2.45. The Balaban J connectivity index is 5.80. The lowest BCUT2D eigenvalue weighted by Crippen LogP contribution is -2.58. The molecule has 0 spiro atoms. The first kappa shape index (κ1) is 32.0. The molecule has 0 radical (unpaired) electrons. The monoisotopic (exact) mass is 498 g/mol. The first-order chi connectivity index (χ1) is 16.5. The van der Waals surface area contributed by atoms with Crippen molar-refractivity contribution >= 4 is 24.1 Å². The van der Waals surface area contributed by atoms with E-state index in [1.807, 2.05) is 20.8 Å². The summed E-state index contributed by atoms with van der Waals surface area (Å²) in [5, 5.41) is 5.63. The minimum absolute atomic E-state index is 0.0965. The second-order valence-corrected chi connectivity index (χ2v) is 8.66. The van der Waals surface area contributed by atoms with Crippen LogP contribution in [0.4, 0.5) is 9.59 Å². The summed E-state index contributed by atoms with van der Waals surface area (Å²) < 4.78 is 20.5. The van der Waals surface area contributed by atoms with Gasteiger partial charge in [-0.05, 0) is 64.7 Å². The number of carbonyl (C=O) groups excluding carboxylic acids is 4. The molecule has 35 heavy (non-hydrogen) atoms. The van der Waals surface area contributed by atoms with Gasteiger partial charge in [-0.15, -0.1) is 0 Å². The summed E-state index contributed by atoms with van der Waals surface area (Å²) in [6.45, 7) is 17.1. The summed E-state index contributed by atoms with van der Waals surface area (Å²) in [6, 6.07) is 0. The third kappa shape index (κ3) is 11.8. The fraction of sp³-hybridized carbons (Fsp3) is 0.680. The van der Waals surface area contributed by atoms with E-state index in [0.29, 0.717) is 32.2 Å². The van der Waals surface area contributed by atoms with Crippen molar-refractivity contribution in [3.63, 3.8) is 0 Å². The van der Waals surface area contributed by atoms with Crippen molar-refractivity contribution in [2.45, 2.75) is 65.8 Å². The van der Waals surface area contributed by atoms with Crippen LogP contribution in [0.15, 0.2) is 25.3 Å². The van der Waals surface area contributed by atoms with E-state index in [1.54, 1.807) is 13.8 Å². The Bertz CT molecular complexity index is 722. The molecular weight excluding hydrogens is 456 g/mol. The van der Waals surface area contributed by atoms with Gasteiger partial charge >= 0.3 is 24.1 Å². The molecular formula is C25H42N2O8. The number of alkyl carbamates (subject to hydrolysis) is 2. The third-order valence-corrected chi connectivity index (χ3v) is 6.20. The van der Waals surface area contributed by atoms with E-state index in [1.165, 1.54) is 0 Å². The molecule has 2 amide bonds. The van der Waals surface area contributed by atoms with Gasteiger partial charge in [-0.1, -0.05) is 20.1 Å². The predicted octanol–water partition coefficient (Wildman–Crippen LogP) is 3.90. The molecule has 0 saturated heterocycles. The summed E-state index contributed by atoms with van der Waals surface area (Å²) >= 11 is 0. The molecule has 2 atom stereocenters. The summed E-state index contributed by atoms with van der Waals surface area (Å²) in [5.74, 6) is -1.18. The van der Waals surface area contributed by atoms with Crippen LogP contribution >= 0.6 is 0 Å². The fourth-order valence-electron chi connectivity index (χ4n) is 3.88. The summed E-state index contributed by atoms with van der Waals surface area (Å²) in [6.07, 6.45) is 3.23. The van der Waals surface area contributed by atoms with Crippen LogP contribution in [-0.2, 0) is 28.5 Å². The van der Waals surface area contributed by atoms with Gasteiger partial charge in [0.25, 0.3) is 0 Å². The number of hydrogen-bond donors (Lipinski definition) is 2. The number of rotatable bonds is 17. The maximum absolute atomic E-state index is 12.3. The second kappa shape index (κ2) is 16.6. The van der Waals surface area contributed by atoms with Crippen molar-refractivity contribution in [1.29, 1.82) is 0 Å². The van der Waals surface area contributed by atoms with Crippen LogP contribution in [0.5, 0.6) is 0 Å². The molecule has 0 rings (SSSR count). The third-order valence-electron chi connectivity index (χ3n) is 6.20. The van der Waals surface area contributed by atoms with E-state index >= 15 is 0 Å². The smallest absolute Gasteiger partial charge is 0.407 e. The van der Waals surface area contributed by atoms with Gasteiger partial charge in [-0.2, -0.15) is 0 Å². The van der Waals surface area contributed by atoms with Crippen molar-refractivity contribution in [2.75, 3.05) is 33.0 Å². The number of amides is 2. The Kier molecular flexibility index (Phi) is 15.1. The lowest BCUT2D eigenvalue weighted by molar-refractivity contribution is -0.141. The zero-order valence-corrected chi connectivity index (χ0v) is 21.8. The Morgan fingerprint density at radius 3 is 1.91 bits per heavy atom. The molecule has 0 aliphatic carbocycles. The highest BCUT2D eigenvalue weighted by Gasteiger charge is 2.47. The van der Waals surface area contributed by atoms with Gasteiger partial charge in [0, 0.05) is 24.2 Å². The Hall–Kier alpha value is -3.04. The summed E-state index contributed by atoms with van der Waals surface area (Å²) in [4.78, 5) is 47.2. The first-order valence-corrected chi connectivity index (χ1v) is 11.9. The van der Waals surface area contributed by atoms with Crippen molar-refractivity contribution in [3.8, 4) is 0 Å². The van der Waals surface area contributed by atoms with Gasteiger partial charge in [-0.25, -0.2) is 19.2 Å². The van der Waals surface area contributed by atoms with Gasteiger partial charge in [0.15, 0.2) is 0 Å². The Labute approximate surface area is 208 Å². The van der Waals surface area contributed by atoms with Crippen molar-refractivity contribution in [3.05, 3.63) is 25.3 Å². The Morgan fingerprint density at radius 1 is 0.829 bits per heavy atom. The van der Waals surface area contributed by atoms with Crippen LogP contribution in [0.1, 0.15) is 60.3 Å². The van der Waals surface area contributed by atoms with Crippen LogP contribution in [0.3, 0.4) is 0 Å².